The minimum Gasteiger partial charge on any atom is -0.462 e. The van der Waals surface area contributed by atoms with E-state index in [2.05, 4.69) is 81.5 Å². The van der Waals surface area contributed by atoms with Crippen molar-refractivity contribution in [3.63, 3.8) is 0 Å². The highest BCUT2D eigenvalue weighted by molar-refractivity contribution is 5.71. The Morgan fingerprint density at radius 3 is 0.935 bits per heavy atom. The van der Waals surface area contributed by atoms with Crippen LogP contribution in [0.5, 0.6) is 0 Å². The van der Waals surface area contributed by atoms with E-state index in [4.69, 9.17) is 14.2 Å². The van der Waals surface area contributed by atoms with Gasteiger partial charge in [-0.1, -0.05) is 210 Å². The van der Waals surface area contributed by atoms with E-state index in [1.807, 2.05) is 0 Å². The number of hydrogen-bond acceptors (Lipinski definition) is 6. The molecule has 0 aliphatic carbocycles. The van der Waals surface area contributed by atoms with Crippen LogP contribution in [0.1, 0.15) is 258 Å². The van der Waals surface area contributed by atoms with E-state index >= 15 is 0 Å². The third-order valence-electron chi connectivity index (χ3n) is 11.2. The molecule has 0 spiro atoms. The van der Waals surface area contributed by atoms with Crippen LogP contribution in [-0.2, 0) is 28.6 Å². The van der Waals surface area contributed by atoms with Crippen LogP contribution in [0.4, 0.5) is 0 Å². The molecule has 0 heterocycles. The minimum atomic E-state index is -0.788. The molecule has 0 fully saturated rings. The number of esters is 3. The zero-order valence-electron chi connectivity index (χ0n) is 40.9. The van der Waals surface area contributed by atoms with Crippen molar-refractivity contribution in [1.29, 1.82) is 0 Å². The van der Waals surface area contributed by atoms with E-state index in [1.54, 1.807) is 0 Å². The molecule has 0 aromatic rings. The highest BCUT2D eigenvalue weighted by Crippen LogP contribution is 2.14. The number of carbonyl (C=O) groups excluding carboxylic acids is 3. The van der Waals surface area contributed by atoms with Crippen LogP contribution in [0.15, 0.2) is 60.8 Å². The summed E-state index contributed by atoms with van der Waals surface area (Å²) in [6.45, 7) is 6.56. The monoisotopic (exact) mass is 867 g/mol. The number of ether oxygens (including phenoxy) is 3. The quantitative estimate of drug-likeness (QED) is 0.0262. The molecule has 0 saturated heterocycles. The summed E-state index contributed by atoms with van der Waals surface area (Å²) in [6, 6.07) is 0. The minimum absolute atomic E-state index is 0.0856. The lowest BCUT2D eigenvalue weighted by molar-refractivity contribution is -0.167. The van der Waals surface area contributed by atoms with Crippen LogP contribution >= 0.6 is 0 Å². The van der Waals surface area contributed by atoms with E-state index in [0.29, 0.717) is 19.3 Å². The molecule has 0 aliphatic rings. The summed E-state index contributed by atoms with van der Waals surface area (Å²) in [6.07, 6.45) is 61.9. The average Bonchev–Trinajstić information content (AvgIpc) is 3.27. The van der Waals surface area contributed by atoms with Gasteiger partial charge in [0.25, 0.3) is 0 Å². The van der Waals surface area contributed by atoms with Gasteiger partial charge >= 0.3 is 17.9 Å². The number of rotatable bonds is 47. The molecule has 6 nitrogen and oxygen atoms in total. The predicted octanol–water partition coefficient (Wildman–Crippen LogP) is 17.3. The molecule has 6 heteroatoms. The number of carbonyl (C=O) groups is 3. The SMILES string of the molecule is CCCCC/C=C\C/C=C\C/C=C\CCCCCCC(=O)OC[C@H](COC(=O)CCCCCCCCCCCCCC)OC(=O)CCCCCCC/C=C\C/C=C\CCCCC. The molecule has 0 N–H and O–H groups in total. The summed E-state index contributed by atoms with van der Waals surface area (Å²) >= 11 is 0. The first-order valence-corrected chi connectivity index (χ1v) is 26.3. The van der Waals surface area contributed by atoms with Crippen LogP contribution in [0.3, 0.4) is 0 Å². The van der Waals surface area contributed by atoms with Gasteiger partial charge in [0, 0.05) is 19.3 Å². The summed E-state index contributed by atoms with van der Waals surface area (Å²) in [5.41, 5.74) is 0. The van der Waals surface area contributed by atoms with Crippen LogP contribution in [0.2, 0.25) is 0 Å². The normalized spacial score (nSPS) is 12.5. The summed E-state index contributed by atoms with van der Waals surface area (Å²) in [7, 11) is 0. The van der Waals surface area contributed by atoms with Gasteiger partial charge in [-0.2, -0.15) is 0 Å². The number of unbranched alkanes of at least 4 members (excludes halogenated alkanes) is 26. The van der Waals surface area contributed by atoms with Crippen LogP contribution < -0.4 is 0 Å². The van der Waals surface area contributed by atoms with Crippen molar-refractivity contribution in [3.05, 3.63) is 60.8 Å². The molecule has 0 saturated carbocycles. The molecule has 0 bridgehead atoms. The fourth-order valence-electron chi connectivity index (χ4n) is 7.24. The molecule has 358 valence electrons. The topological polar surface area (TPSA) is 78.9 Å². The van der Waals surface area contributed by atoms with Gasteiger partial charge in [0.2, 0.25) is 0 Å². The van der Waals surface area contributed by atoms with Crippen molar-refractivity contribution < 1.29 is 28.6 Å². The second-order valence-corrected chi connectivity index (χ2v) is 17.4. The predicted molar refractivity (Wildman–Crippen MR) is 265 cm³/mol. The smallest absolute Gasteiger partial charge is 0.306 e. The summed E-state index contributed by atoms with van der Waals surface area (Å²) < 4.78 is 16.8. The molecular weight excluding hydrogens is 769 g/mol. The largest absolute Gasteiger partial charge is 0.462 e. The van der Waals surface area contributed by atoms with Gasteiger partial charge in [0.15, 0.2) is 6.10 Å². The zero-order chi connectivity index (χ0) is 45.1. The average molecular weight is 867 g/mol. The number of hydrogen-bond donors (Lipinski definition) is 0. The lowest BCUT2D eigenvalue weighted by atomic mass is 10.0. The molecule has 0 aromatic carbocycles. The Balaban J connectivity index is 4.43. The lowest BCUT2D eigenvalue weighted by Gasteiger charge is -2.18. The van der Waals surface area contributed by atoms with E-state index in [9.17, 15) is 14.4 Å². The molecule has 0 aliphatic heterocycles. The first-order valence-electron chi connectivity index (χ1n) is 26.3. The maximum atomic E-state index is 12.8. The van der Waals surface area contributed by atoms with Gasteiger partial charge in [-0.05, 0) is 89.9 Å². The van der Waals surface area contributed by atoms with Crippen LogP contribution in [-0.4, -0.2) is 37.2 Å². The second kappa shape index (κ2) is 50.8. The van der Waals surface area contributed by atoms with Gasteiger partial charge < -0.3 is 14.2 Å². The van der Waals surface area contributed by atoms with E-state index in [0.717, 1.165) is 109 Å². The fourth-order valence-corrected chi connectivity index (χ4v) is 7.24. The Morgan fingerprint density at radius 2 is 0.581 bits per heavy atom. The van der Waals surface area contributed by atoms with Gasteiger partial charge in [-0.25, -0.2) is 0 Å². The maximum Gasteiger partial charge on any atom is 0.306 e. The standard InChI is InChI=1S/C56H98O6/c1-4-7-10-13-16-19-22-25-27-28-30-31-34-37-40-43-46-49-55(58)61-52-53(51-60-54(57)48-45-42-39-36-33-24-21-18-15-12-9-6-3)62-56(59)50-47-44-41-38-35-32-29-26-23-20-17-14-11-8-5-2/h16-17,19-20,25-27,29-31,53H,4-15,18,21-24,28,32-52H2,1-3H3/b19-16-,20-17-,27-25-,29-26-,31-30-/t53-/m0/s1. The summed E-state index contributed by atoms with van der Waals surface area (Å²) in [5.74, 6) is -0.917. The Bertz CT molecular complexity index is 1130. The van der Waals surface area contributed by atoms with Gasteiger partial charge in [-0.15, -0.1) is 0 Å². The van der Waals surface area contributed by atoms with Gasteiger partial charge in [-0.3, -0.25) is 14.4 Å². The van der Waals surface area contributed by atoms with Crippen molar-refractivity contribution >= 4 is 17.9 Å². The fraction of sp³-hybridized carbons (Fsp3) is 0.768. The molecule has 0 aromatic heterocycles. The molecule has 1 atom stereocenters. The van der Waals surface area contributed by atoms with Crippen LogP contribution in [0, 0.1) is 0 Å². The molecule has 0 radical (unpaired) electrons. The Morgan fingerprint density at radius 1 is 0.323 bits per heavy atom. The molecular formula is C56H98O6. The van der Waals surface area contributed by atoms with Crippen molar-refractivity contribution in [2.75, 3.05) is 13.2 Å². The molecule has 0 rings (SSSR count). The van der Waals surface area contributed by atoms with E-state index in [-0.39, 0.29) is 31.1 Å². The third kappa shape index (κ3) is 48.1. The van der Waals surface area contributed by atoms with Gasteiger partial charge in [0.05, 0.1) is 0 Å². The highest BCUT2D eigenvalue weighted by atomic mass is 16.6. The van der Waals surface area contributed by atoms with Crippen LogP contribution in [0.25, 0.3) is 0 Å². The molecule has 62 heavy (non-hydrogen) atoms. The Kier molecular flexibility index (Phi) is 48.4. The third-order valence-corrected chi connectivity index (χ3v) is 11.2. The first-order chi connectivity index (χ1) is 30.5. The first kappa shape index (κ1) is 59.1. The lowest BCUT2D eigenvalue weighted by Crippen LogP contribution is -2.30. The van der Waals surface area contributed by atoms with Crippen molar-refractivity contribution in [2.45, 2.75) is 264 Å². The Hall–Kier alpha value is -2.89. The second-order valence-electron chi connectivity index (χ2n) is 17.4. The molecule has 0 amide bonds. The highest BCUT2D eigenvalue weighted by Gasteiger charge is 2.19. The van der Waals surface area contributed by atoms with Crippen molar-refractivity contribution in [3.8, 4) is 0 Å². The van der Waals surface area contributed by atoms with Crippen molar-refractivity contribution in [1.82, 2.24) is 0 Å². The Labute approximate surface area is 383 Å². The number of allylic oxidation sites excluding steroid dienone is 10. The maximum absolute atomic E-state index is 12.8. The zero-order valence-corrected chi connectivity index (χ0v) is 40.9. The van der Waals surface area contributed by atoms with Crippen molar-refractivity contribution in [2.24, 2.45) is 0 Å². The van der Waals surface area contributed by atoms with E-state index in [1.165, 1.54) is 109 Å². The molecule has 0 unspecified atom stereocenters. The van der Waals surface area contributed by atoms with E-state index < -0.39 is 6.10 Å². The summed E-state index contributed by atoms with van der Waals surface area (Å²) in [4.78, 5) is 38.0. The van der Waals surface area contributed by atoms with Gasteiger partial charge in [0.1, 0.15) is 13.2 Å². The summed E-state index contributed by atoms with van der Waals surface area (Å²) in [5, 5.41) is 0.